The number of rotatable bonds is 5. The third-order valence-corrected chi connectivity index (χ3v) is 2.91. The van der Waals surface area contributed by atoms with Crippen LogP contribution in [-0.4, -0.2) is 55.0 Å². The first-order valence-corrected chi connectivity index (χ1v) is 9.29. The average molecular weight is 366 g/mol. The van der Waals surface area contributed by atoms with Crippen LogP contribution in [0.1, 0.15) is 70.6 Å². The summed E-state index contributed by atoms with van der Waals surface area (Å²) < 4.78 is 10.2. The lowest BCUT2D eigenvalue weighted by Gasteiger charge is -2.25. The van der Waals surface area contributed by atoms with Crippen molar-refractivity contribution < 1.29 is 21.9 Å². The van der Waals surface area contributed by atoms with Crippen LogP contribution >= 0.6 is 0 Å². The third-order valence-electron chi connectivity index (χ3n) is 2.91. The summed E-state index contributed by atoms with van der Waals surface area (Å²) in [6.07, 6.45) is 2.51. The fourth-order valence-electron chi connectivity index (χ4n) is 2.10. The molecule has 1 heterocycles. The molecule has 0 aromatic heterocycles. The summed E-state index contributed by atoms with van der Waals surface area (Å²) in [5.74, 6) is -0.126. The number of nitrogens with two attached hydrogens (primary N) is 1. The minimum absolute atomic E-state index is 0. The van der Waals surface area contributed by atoms with Gasteiger partial charge in [-0.15, -0.1) is 0 Å². The molecule has 1 saturated heterocycles. The highest BCUT2D eigenvalue weighted by molar-refractivity contribution is 5.82. The largest absolute Gasteiger partial charge is 0.444 e. The highest BCUT2D eigenvalue weighted by Crippen LogP contribution is 2.17. The smallest absolute Gasteiger partial charge is 0.408 e. The Morgan fingerprint density at radius 2 is 1.84 bits per heavy atom. The Labute approximate surface area is 156 Å². The summed E-state index contributed by atoms with van der Waals surface area (Å²) >= 11 is 0. The number of carbonyl (C=O) groups is 2. The molecule has 154 valence electrons. The zero-order chi connectivity index (χ0) is 19.9. The van der Waals surface area contributed by atoms with Gasteiger partial charge in [0.15, 0.2) is 0 Å². The lowest BCUT2D eigenvalue weighted by Crippen LogP contribution is -2.45. The topological polar surface area (TPSA) is 93.9 Å². The van der Waals surface area contributed by atoms with Crippen LogP contribution in [0.3, 0.4) is 0 Å². The highest BCUT2D eigenvalue weighted by atomic mass is 16.6. The van der Waals surface area contributed by atoms with E-state index in [4.69, 9.17) is 15.2 Å². The zero-order valence-electron chi connectivity index (χ0n) is 17.2. The molecule has 0 unspecified atom stereocenters. The maximum atomic E-state index is 12.1. The molecule has 1 fully saturated rings. The van der Waals surface area contributed by atoms with Gasteiger partial charge in [-0.1, -0.05) is 34.1 Å². The molecule has 0 aliphatic carbocycles. The molecular weight excluding hydrogens is 322 g/mol. The minimum Gasteiger partial charge on any atom is -0.444 e. The molecule has 2 amide bonds. The van der Waals surface area contributed by atoms with Crippen LogP contribution in [0, 0.1) is 0 Å². The number of hydrogen-bond donors (Lipinski definition) is 2. The van der Waals surface area contributed by atoms with E-state index in [1.165, 1.54) is 6.42 Å². The van der Waals surface area contributed by atoms with E-state index < -0.39 is 11.7 Å². The number of hydrogen-bond acceptors (Lipinski definition) is 5. The van der Waals surface area contributed by atoms with Gasteiger partial charge in [0.1, 0.15) is 12.1 Å². The van der Waals surface area contributed by atoms with Gasteiger partial charge in [0, 0.05) is 9.40 Å². The molecule has 3 N–H and O–H groups in total. The van der Waals surface area contributed by atoms with Crippen LogP contribution in [0.5, 0.6) is 0 Å². The molecule has 1 aliphatic rings. The number of alkyl carbamates (subject to hydrolysis) is 1. The number of nitrogens with zero attached hydrogens (tertiary/aromatic N) is 1. The van der Waals surface area contributed by atoms with Crippen molar-refractivity contribution in [3.8, 4) is 0 Å². The van der Waals surface area contributed by atoms with Crippen molar-refractivity contribution in [3.05, 3.63) is 0 Å². The van der Waals surface area contributed by atoms with E-state index in [-0.39, 0.29) is 28.1 Å². The minimum atomic E-state index is -0.584. The first kappa shape index (κ1) is 25.9. The molecule has 0 aromatic rings. The van der Waals surface area contributed by atoms with Gasteiger partial charge in [-0.25, -0.2) is 4.79 Å². The van der Waals surface area contributed by atoms with Crippen LogP contribution in [0.25, 0.3) is 0 Å². The van der Waals surface area contributed by atoms with Gasteiger partial charge in [0.05, 0.1) is 19.4 Å². The second-order valence-corrected chi connectivity index (χ2v) is 6.48. The predicted molar refractivity (Wildman–Crippen MR) is 106 cm³/mol. The van der Waals surface area contributed by atoms with Crippen LogP contribution in [-0.2, 0) is 14.3 Å². The van der Waals surface area contributed by atoms with Crippen molar-refractivity contribution in [2.45, 2.75) is 79.4 Å². The number of amides is 2. The van der Waals surface area contributed by atoms with Gasteiger partial charge in [-0.05, 0) is 33.6 Å². The van der Waals surface area contributed by atoms with Crippen molar-refractivity contribution in [2.75, 3.05) is 26.4 Å². The number of ether oxygens (including phenoxy) is 2. The van der Waals surface area contributed by atoms with Crippen LogP contribution in [0.15, 0.2) is 0 Å². The monoisotopic (exact) mass is 365 g/mol. The molecule has 1 aliphatic heterocycles. The molecule has 25 heavy (non-hydrogen) atoms. The normalized spacial score (nSPS) is 16.2. The first-order chi connectivity index (χ1) is 11.7. The lowest BCUT2D eigenvalue weighted by atomic mass is 10.2. The van der Waals surface area contributed by atoms with E-state index >= 15 is 0 Å². The van der Waals surface area contributed by atoms with Gasteiger partial charge in [-0.2, -0.15) is 0 Å². The highest BCUT2D eigenvalue weighted by Gasteiger charge is 2.29. The van der Waals surface area contributed by atoms with Crippen molar-refractivity contribution in [3.63, 3.8) is 0 Å². The molecular formula is C18H43N3O4. The SMILES string of the molecule is CC.CC(C)(C)OC(=O)NCC(=O)N1CCC[C@H]1COCN.CCC.[HH].[HH]. The molecule has 1 atom stereocenters. The van der Waals surface area contributed by atoms with Crippen molar-refractivity contribution in [1.29, 1.82) is 0 Å². The summed E-state index contributed by atoms with van der Waals surface area (Å²) in [5.41, 5.74) is 4.71. The Morgan fingerprint density at radius 1 is 1.28 bits per heavy atom. The standard InChI is InChI=1S/C13H25N3O4.C3H8.C2H6.2H2/c1-13(2,3)20-12(18)15-7-11(17)16-6-4-5-10(16)8-19-9-14;1-3-2;1-2;;/h10H,4-9,14H2,1-3H3,(H,15,18);3H2,1-2H3;1-2H3;2*1H/t10-;;;;/m0..../s1. The Bertz CT molecular complexity index is 367. The Kier molecular flexibility index (Phi) is 15.5. The molecule has 7 heteroatoms. The summed E-state index contributed by atoms with van der Waals surface area (Å²) in [4.78, 5) is 25.3. The zero-order valence-corrected chi connectivity index (χ0v) is 17.2. The number of likely N-dealkylation sites (tertiary alicyclic amines) is 1. The molecule has 0 bridgehead atoms. The summed E-state index contributed by atoms with van der Waals surface area (Å²) in [6, 6.07) is 0.0477. The van der Waals surface area contributed by atoms with E-state index in [1.54, 1.807) is 25.7 Å². The maximum absolute atomic E-state index is 12.1. The lowest BCUT2D eigenvalue weighted by molar-refractivity contribution is -0.132. The molecule has 0 aromatic carbocycles. The fourth-order valence-corrected chi connectivity index (χ4v) is 2.10. The second-order valence-electron chi connectivity index (χ2n) is 6.48. The summed E-state index contributed by atoms with van der Waals surface area (Å²) in [6.45, 7) is 14.8. The number of carbonyl (C=O) groups excluding carboxylic acids is 2. The molecule has 0 spiro atoms. The Hall–Kier alpha value is -1.34. The average Bonchev–Trinajstić information content (AvgIpc) is 3.00. The van der Waals surface area contributed by atoms with Gasteiger partial charge >= 0.3 is 6.09 Å². The molecule has 0 radical (unpaired) electrons. The van der Waals surface area contributed by atoms with Crippen molar-refractivity contribution in [2.24, 2.45) is 5.73 Å². The first-order valence-electron chi connectivity index (χ1n) is 9.29. The van der Waals surface area contributed by atoms with Crippen LogP contribution in [0.4, 0.5) is 4.79 Å². The van der Waals surface area contributed by atoms with Gasteiger partial charge in [0.25, 0.3) is 0 Å². The number of nitrogens with one attached hydrogen (secondary N) is 1. The van der Waals surface area contributed by atoms with Crippen molar-refractivity contribution in [1.82, 2.24) is 10.2 Å². The van der Waals surface area contributed by atoms with E-state index in [0.717, 1.165) is 12.8 Å². The maximum Gasteiger partial charge on any atom is 0.408 e. The van der Waals surface area contributed by atoms with E-state index in [9.17, 15) is 9.59 Å². The summed E-state index contributed by atoms with van der Waals surface area (Å²) in [7, 11) is 0. The Morgan fingerprint density at radius 3 is 2.32 bits per heavy atom. The van der Waals surface area contributed by atoms with Gasteiger partial charge in [0.2, 0.25) is 5.91 Å². The second kappa shape index (κ2) is 15.0. The molecule has 0 saturated carbocycles. The van der Waals surface area contributed by atoms with Crippen LogP contribution < -0.4 is 11.1 Å². The quantitative estimate of drug-likeness (QED) is 0.729. The van der Waals surface area contributed by atoms with E-state index in [0.29, 0.717) is 13.2 Å². The van der Waals surface area contributed by atoms with Crippen molar-refractivity contribution >= 4 is 12.0 Å². The van der Waals surface area contributed by atoms with Crippen LogP contribution in [0.2, 0.25) is 0 Å². The fraction of sp³-hybridized carbons (Fsp3) is 0.889. The molecule has 1 rings (SSSR count). The summed E-state index contributed by atoms with van der Waals surface area (Å²) in [5, 5.41) is 2.47. The third kappa shape index (κ3) is 13.6. The van der Waals surface area contributed by atoms with Gasteiger partial charge < -0.3 is 25.4 Å². The molecule has 7 nitrogen and oxygen atoms in total. The van der Waals surface area contributed by atoms with E-state index in [1.807, 2.05) is 13.8 Å². The van der Waals surface area contributed by atoms with Gasteiger partial charge in [-0.3, -0.25) is 4.79 Å². The predicted octanol–water partition coefficient (Wildman–Crippen LogP) is 3.37. The van der Waals surface area contributed by atoms with E-state index in [2.05, 4.69) is 19.2 Å². The Balaban J connectivity index is -0.000000343.